The van der Waals surface area contributed by atoms with Gasteiger partial charge in [-0.05, 0) is 19.3 Å². The van der Waals surface area contributed by atoms with Crippen molar-refractivity contribution < 1.29 is 5.11 Å². The van der Waals surface area contributed by atoms with Gasteiger partial charge in [-0.1, -0.05) is 6.92 Å². The minimum Gasteiger partial charge on any atom is -0.394 e. The maximum absolute atomic E-state index is 9.35. The van der Waals surface area contributed by atoms with Gasteiger partial charge in [0.05, 0.1) is 12.6 Å². The largest absolute Gasteiger partial charge is 0.394 e. The van der Waals surface area contributed by atoms with E-state index >= 15 is 0 Å². The van der Waals surface area contributed by atoms with Crippen LogP contribution < -0.4 is 4.90 Å². The molecule has 2 unspecified atom stereocenters. The standard InChI is InChI=1S/C11H17N3O/c1-8-3-4-14(10(8)6-15)11-5-9(2)12-7-13-11/h5,7-8,10,15H,3-4,6H2,1-2H3. The number of aryl methyl sites for hydroxylation is 1. The number of hydrogen-bond donors (Lipinski definition) is 1. The molecule has 2 rings (SSSR count). The van der Waals surface area contributed by atoms with Crippen molar-refractivity contribution in [1.82, 2.24) is 9.97 Å². The molecule has 0 spiro atoms. The van der Waals surface area contributed by atoms with Gasteiger partial charge in [0, 0.05) is 18.3 Å². The number of aliphatic hydroxyl groups excluding tert-OH is 1. The molecular weight excluding hydrogens is 190 g/mol. The Kier molecular flexibility index (Phi) is 2.86. The van der Waals surface area contributed by atoms with Gasteiger partial charge < -0.3 is 10.0 Å². The van der Waals surface area contributed by atoms with E-state index in [1.807, 2.05) is 13.0 Å². The van der Waals surface area contributed by atoms with Gasteiger partial charge >= 0.3 is 0 Å². The zero-order valence-electron chi connectivity index (χ0n) is 9.22. The van der Waals surface area contributed by atoms with Gasteiger partial charge in [-0.2, -0.15) is 0 Å². The van der Waals surface area contributed by atoms with Crippen molar-refractivity contribution in [3.63, 3.8) is 0 Å². The zero-order chi connectivity index (χ0) is 10.8. The highest BCUT2D eigenvalue weighted by Gasteiger charge is 2.31. The smallest absolute Gasteiger partial charge is 0.132 e. The Morgan fingerprint density at radius 2 is 2.33 bits per heavy atom. The average Bonchev–Trinajstić information content (AvgIpc) is 2.59. The minimum atomic E-state index is 0.199. The lowest BCUT2D eigenvalue weighted by Gasteiger charge is -2.26. The Bertz CT molecular complexity index is 342. The van der Waals surface area contributed by atoms with E-state index in [0.717, 1.165) is 24.5 Å². The summed E-state index contributed by atoms with van der Waals surface area (Å²) in [4.78, 5) is 10.5. The molecule has 1 saturated heterocycles. The van der Waals surface area contributed by atoms with Crippen molar-refractivity contribution in [2.24, 2.45) is 5.92 Å². The van der Waals surface area contributed by atoms with E-state index in [9.17, 15) is 5.11 Å². The van der Waals surface area contributed by atoms with E-state index in [2.05, 4.69) is 21.8 Å². The monoisotopic (exact) mass is 207 g/mol. The number of anilines is 1. The van der Waals surface area contributed by atoms with E-state index < -0.39 is 0 Å². The number of aromatic nitrogens is 2. The molecule has 0 bridgehead atoms. The Hall–Kier alpha value is -1.16. The summed E-state index contributed by atoms with van der Waals surface area (Å²) in [6.45, 7) is 5.31. The van der Waals surface area contributed by atoms with E-state index in [0.29, 0.717) is 5.92 Å². The van der Waals surface area contributed by atoms with Crippen molar-refractivity contribution in [2.45, 2.75) is 26.3 Å². The number of nitrogens with zero attached hydrogens (tertiary/aromatic N) is 3. The van der Waals surface area contributed by atoms with E-state index in [4.69, 9.17) is 0 Å². The van der Waals surface area contributed by atoms with Crippen LogP contribution in [0.15, 0.2) is 12.4 Å². The molecule has 1 aromatic heterocycles. The lowest BCUT2D eigenvalue weighted by Crippen LogP contribution is -2.35. The summed E-state index contributed by atoms with van der Waals surface area (Å²) in [5.74, 6) is 1.47. The highest BCUT2D eigenvalue weighted by atomic mass is 16.3. The predicted molar refractivity (Wildman–Crippen MR) is 58.8 cm³/mol. The van der Waals surface area contributed by atoms with Crippen LogP contribution >= 0.6 is 0 Å². The first kappa shape index (κ1) is 10.4. The fourth-order valence-electron chi connectivity index (χ4n) is 2.17. The van der Waals surface area contributed by atoms with Crippen molar-refractivity contribution in [1.29, 1.82) is 0 Å². The summed E-state index contributed by atoms with van der Waals surface area (Å²) in [7, 11) is 0. The molecule has 15 heavy (non-hydrogen) atoms. The second-order valence-corrected chi connectivity index (χ2v) is 4.23. The number of hydrogen-bond acceptors (Lipinski definition) is 4. The lowest BCUT2D eigenvalue weighted by molar-refractivity contribution is 0.244. The molecule has 0 aliphatic carbocycles. The van der Waals surface area contributed by atoms with Crippen LogP contribution in [0.5, 0.6) is 0 Å². The van der Waals surface area contributed by atoms with E-state index in [1.54, 1.807) is 6.33 Å². The van der Waals surface area contributed by atoms with Crippen LogP contribution in [0.4, 0.5) is 5.82 Å². The Balaban J connectivity index is 2.23. The average molecular weight is 207 g/mol. The molecule has 1 aliphatic rings. The fraction of sp³-hybridized carbons (Fsp3) is 0.636. The van der Waals surface area contributed by atoms with Crippen LogP contribution in [0.3, 0.4) is 0 Å². The number of aliphatic hydroxyl groups is 1. The van der Waals surface area contributed by atoms with E-state index in [-0.39, 0.29) is 12.6 Å². The van der Waals surface area contributed by atoms with Gasteiger partial charge in [-0.25, -0.2) is 9.97 Å². The van der Waals surface area contributed by atoms with Crippen LogP contribution in [0.25, 0.3) is 0 Å². The SMILES string of the molecule is Cc1cc(N2CCC(C)C2CO)ncn1. The molecule has 0 radical (unpaired) electrons. The Morgan fingerprint density at radius 1 is 1.53 bits per heavy atom. The molecule has 4 heteroatoms. The molecule has 1 N–H and O–H groups in total. The van der Waals surface area contributed by atoms with Crippen LogP contribution in [-0.4, -0.2) is 34.3 Å². The van der Waals surface area contributed by atoms with Gasteiger partial charge in [0.1, 0.15) is 12.1 Å². The summed E-state index contributed by atoms with van der Waals surface area (Å²) in [6, 6.07) is 2.18. The van der Waals surface area contributed by atoms with Crippen molar-refractivity contribution in [3.8, 4) is 0 Å². The van der Waals surface area contributed by atoms with Crippen LogP contribution in [-0.2, 0) is 0 Å². The van der Waals surface area contributed by atoms with Gasteiger partial charge in [0.2, 0.25) is 0 Å². The molecule has 0 saturated carbocycles. The summed E-state index contributed by atoms with van der Waals surface area (Å²) < 4.78 is 0. The third-order valence-electron chi connectivity index (χ3n) is 3.15. The first-order valence-corrected chi connectivity index (χ1v) is 5.38. The summed E-state index contributed by atoms with van der Waals surface area (Å²) in [5, 5.41) is 9.35. The summed E-state index contributed by atoms with van der Waals surface area (Å²) >= 11 is 0. The van der Waals surface area contributed by atoms with Crippen LogP contribution in [0.2, 0.25) is 0 Å². The zero-order valence-corrected chi connectivity index (χ0v) is 9.22. The first-order valence-electron chi connectivity index (χ1n) is 5.38. The quantitative estimate of drug-likeness (QED) is 0.785. The molecule has 82 valence electrons. The molecule has 2 heterocycles. The maximum Gasteiger partial charge on any atom is 0.132 e. The topological polar surface area (TPSA) is 49.2 Å². The molecule has 0 aromatic carbocycles. The van der Waals surface area contributed by atoms with Crippen molar-refractivity contribution >= 4 is 5.82 Å². The Labute approximate surface area is 90.0 Å². The molecule has 2 atom stereocenters. The summed E-state index contributed by atoms with van der Waals surface area (Å²) in [5.41, 5.74) is 0.969. The first-order chi connectivity index (χ1) is 7.22. The molecule has 1 fully saturated rings. The van der Waals surface area contributed by atoms with Gasteiger partial charge in [-0.3, -0.25) is 0 Å². The molecule has 1 aromatic rings. The minimum absolute atomic E-state index is 0.199. The molecular formula is C11H17N3O. The highest BCUT2D eigenvalue weighted by Crippen LogP contribution is 2.27. The van der Waals surface area contributed by atoms with Gasteiger partial charge in [0.25, 0.3) is 0 Å². The third kappa shape index (κ3) is 1.95. The Morgan fingerprint density at radius 3 is 3.00 bits per heavy atom. The van der Waals surface area contributed by atoms with Crippen LogP contribution in [0.1, 0.15) is 19.0 Å². The molecule has 0 amide bonds. The predicted octanol–water partition coefficient (Wildman–Crippen LogP) is 0.992. The lowest BCUT2D eigenvalue weighted by atomic mass is 10.0. The second-order valence-electron chi connectivity index (χ2n) is 4.23. The van der Waals surface area contributed by atoms with Crippen molar-refractivity contribution in [2.75, 3.05) is 18.1 Å². The fourth-order valence-corrected chi connectivity index (χ4v) is 2.17. The summed E-state index contributed by atoms with van der Waals surface area (Å²) in [6.07, 6.45) is 2.70. The number of rotatable bonds is 2. The van der Waals surface area contributed by atoms with Gasteiger partial charge in [-0.15, -0.1) is 0 Å². The molecule has 1 aliphatic heterocycles. The second kappa shape index (κ2) is 4.14. The maximum atomic E-state index is 9.35. The van der Waals surface area contributed by atoms with Crippen molar-refractivity contribution in [3.05, 3.63) is 18.1 Å². The van der Waals surface area contributed by atoms with E-state index in [1.165, 1.54) is 0 Å². The third-order valence-corrected chi connectivity index (χ3v) is 3.15. The van der Waals surface area contributed by atoms with Gasteiger partial charge in [0.15, 0.2) is 0 Å². The van der Waals surface area contributed by atoms with Crippen LogP contribution in [0, 0.1) is 12.8 Å². The highest BCUT2D eigenvalue weighted by molar-refractivity contribution is 5.41. The normalized spacial score (nSPS) is 25.9. The molecule has 4 nitrogen and oxygen atoms in total.